The zero-order chi connectivity index (χ0) is 27.3. The number of Topliss-reactive ketones (excluding diaryl/α,β-unsaturated/α-hetero) is 1. The number of aliphatic hydroxyl groups is 2. The van der Waals surface area contributed by atoms with Crippen molar-refractivity contribution >= 4 is 5.78 Å². The van der Waals surface area contributed by atoms with Crippen LogP contribution < -0.4 is 4.74 Å². The minimum atomic E-state index is -1.05. The molecule has 0 spiro atoms. The van der Waals surface area contributed by atoms with Crippen LogP contribution in [0.15, 0.2) is 42.5 Å². The molecule has 0 radical (unpaired) electrons. The number of carbonyl (C=O) groups is 1. The lowest BCUT2D eigenvalue weighted by Crippen LogP contribution is -2.28. The highest BCUT2D eigenvalue weighted by atomic mass is 16.5. The van der Waals surface area contributed by atoms with Gasteiger partial charge in [-0.3, -0.25) is 4.79 Å². The molecule has 3 rings (SSSR count). The number of hydrogen-bond acceptors (Lipinski definition) is 6. The second-order valence-electron chi connectivity index (χ2n) is 10.8. The minimum Gasteiger partial charge on any atom is -0.490 e. The van der Waals surface area contributed by atoms with E-state index in [4.69, 9.17) is 9.72 Å². The molecule has 1 unspecified atom stereocenters. The van der Waals surface area contributed by atoms with Gasteiger partial charge in [-0.1, -0.05) is 45.0 Å². The van der Waals surface area contributed by atoms with Gasteiger partial charge in [0.2, 0.25) is 0 Å². The van der Waals surface area contributed by atoms with Crippen LogP contribution in [0.5, 0.6) is 5.75 Å². The molecule has 0 amide bonds. The fourth-order valence-electron chi connectivity index (χ4n) is 4.43. The predicted molar refractivity (Wildman–Crippen MR) is 144 cm³/mol. The van der Waals surface area contributed by atoms with E-state index in [0.717, 1.165) is 28.3 Å². The molecule has 3 aromatic rings. The molecule has 0 fully saturated rings. The molecule has 196 valence electrons. The molecule has 37 heavy (non-hydrogen) atoms. The summed E-state index contributed by atoms with van der Waals surface area (Å²) >= 11 is 0. The van der Waals surface area contributed by atoms with E-state index >= 15 is 0 Å². The Kier molecular flexibility index (Phi) is 8.90. The minimum absolute atomic E-state index is 0.0328. The average Bonchev–Trinajstić information content (AvgIpc) is 3.25. The number of benzene rings is 2. The van der Waals surface area contributed by atoms with Crippen molar-refractivity contribution in [1.82, 2.24) is 9.97 Å². The van der Waals surface area contributed by atoms with Crippen molar-refractivity contribution in [3.8, 4) is 23.2 Å². The second-order valence-corrected chi connectivity index (χ2v) is 10.8. The summed E-state index contributed by atoms with van der Waals surface area (Å²) in [6.45, 7) is 11.7. The highest BCUT2D eigenvalue weighted by Gasteiger charge is 2.24. The number of aryl methyl sites for hydroxylation is 1. The molecule has 1 heterocycles. The fraction of sp³-hybridized carbons (Fsp3) is 0.433. The van der Waals surface area contributed by atoms with E-state index in [1.54, 1.807) is 12.1 Å². The van der Waals surface area contributed by atoms with Gasteiger partial charge in [0, 0.05) is 28.7 Å². The van der Waals surface area contributed by atoms with Gasteiger partial charge in [-0.15, -0.1) is 0 Å². The van der Waals surface area contributed by atoms with Gasteiger partial charge in [-0.2, -0.15) is 5.26 Å². The molecule has 0 saturated heterocycles. The van der Waals surface area contributed by atoms with Crippen molar-refractivity contribution in [1.29, 1.82) is 5.26 Å². The number of aromatic amines is 1. The summed E-state index contributed by atoms with van der Waals surface area (Å²) in [4.78, 5) is 21.2. The molecule has 1 aromatic heterocycles. The van der Waals surface area contributed by atoms with Crippen LogP contribution in [0.25, 0.3) is 11.4 Å². The van der Waals surface area contributed by atoms with E-state index in [1.165, 1.54) is 6.07 Å². The van der Waals surface area contributed by atoms with Crippen molar-refractivity contribution in [2.45, 2.75) is 72.0 Å². The Labute approximate surface area is 219 Å². The van der Waals surface area contributed by atoms with Crippen molar-refractivity contribution in [3.63, 3.8) is 0 Å². The lowest BCUT2D eigenvalue weighted by Gasteiger charge is -2.21. The molecule has 2 aromatic carbocycles. The van der Waals surface area contributed by atoms with Crippen LogP contribution in [0.1, 0.15) is 73.9 Å². The summed E-state index contributed by atoms with van der Waals surface area (Å²) in [5.74, 6) is 0.540. The molecule has 0 aliphatic rings. The average molecular weight is 504 g/mol. The van der Waals surface area contributed by atoms with Crippen molar-refractivity contribution in [2.24, 2.45) is 5.92 Å². The highest BCUT2D eigenvalue weighted by molar-refractivity contribution is 5.96. The van der Waals surface area contributed by atoms with Gasteiger partial charge in [0.1, 0.15) is 17.6 Å². The third kappa shape index (κ3) is 7.06. The maximum absolute atomic E-state index is 13.1. The number of hydrogen-bond donors (Lipinski definition) is 3. The van der Waals surface area contributed by atoms with E-state index in [0.29, 0.717) is 17.7 Å². The number of aliphatic hydroxyl groups excluding tert-OH is 2. The monoisotopic (exact) mass is 503 g/mol. The molecule has 0 aliphatic carbocycles. The Balaban J connectivity index is 1.76. The third-order valence-electron chi connectivity index (χ3n) is 6.28. The van der Waals surface area contributed by atoms with Crippen LogP contribution in [0.3, 0.4) is 0 Å². The number of carbonyl (C=O) groups excluding carboxylic acids is 1. The number of nitriles is 1. The summed E-state index contributed by atoms with van der Waals surface area (Å²) in [5, 5.41) is 29.6. The van der Waals surface area contributed by atoms with Crippen molar-refractivity contribution < 1.29 is 19.7 Å². The first-order chi connectivity index (χ1) is 17.4. The molecule has 3 N–H and O–H groups in total. The summed E-state index contributed by atoms with van der Waals surface area (Å²) in [6.07, 6.45) is -0.700. The first-order valence-electron chi connectivity index (χ1n) is 12.6. The zero-order valence-corrected chi connectivity index (χ0v) is 22.5. The van der Waals surface area contributed by atoms with Crippen molar-refractivity contribution in [2.75, 3.05) is 6.61 Å². The van der Waals surface area contributed by atoms with Crippen LogP contribution in [0.2, 0.25) is 0 Å². The summed E-state index contributed by atoms with van der Waals surface area (Å²) in [6, 6.07) is 14.7. The highest BCUT2D eigenvalue weighted by Crippen LogP contribution is 2.28. The molecule has 0 bridgehead atoms. The van der Waals surface area contributed by atoms with E-state index in [-0.39, 0.29) is 29.3 Å². The molecule has 2 atom stereocenters. The van der Waals surface area contributed by atoms with Gasteiger partial charge in [-0.05, 0) is 56.9 Å². The SMILES string of the molecule is Cc1[nH]c(-c2ccc(C[C@H](CC(=O)c3ccc(OC(C)C)c(C#N)c3)C(O)CO)cc2)nc1C(C)(C)C. The summed E-state index contributed by atoms with van der Waals surface area (Å²) < 4.78 is 5.64. The molecule has 0 aliphatic heterocycles. The van der Waals surface area contributed by atoms with E-state index in [2.05, 4.69) is 31.8 Å². The number of ketones is 1. The summed E-state index contributed by atoms with van der Waals surface area (Å²) in [7, 11) is 0. The fourth-order valence-corrected chi connectivity index (χ4v) is 4.43. The lowest BCUT2D eigenvalue weighted by atomic mass is 9.87. The Bertz CT molecular complexity index is 1260. The van der Waals surface area contributed by atoms with Crippen LogP contribution >= 0.6 is 0 Å². The van der Waals surface area contributed by atoms with Crippen LogP contribution in [-0.4, -0.2) is 44.8 Å². The first kappa shape index (κ1) is 28.1. The topological polar surface area (TPSA) is 119 Å². The molecule has 0 saturated carbocycles. The van der Waals surface area contributed by atoms with Crippen LogP contribution in [-0.2, 0) is 11.8 Å². The van der Waals surface area contributed by atoms with Gasteiger partial charge in [0.15, 0.2) is 5.78 Å². The van der Waals surface area contributed by atoms with E-state index < -0.39 is 18.6 Å². The predicted octanol–water partition coefficient (Wildman–Crippen LogP) is 5.13. The number of imidazole rings is 1. The standard InChI is InChI=1S/C30H37N3O4/c1-18(2)37-27-12-11-22(14-24(27)16-31)25(35)15-23(26(36)17-34)13-20-7-9-21(10-8-20)29-32-19(3)28(33-29)30(4,5)6/h7-12,14,18,23,26,34,36H,13,15,17H2,1-6H3,(H,32,33)/t23-,26?/m1/s1. The van der Waals surface area contributed by atoms with E-state index in [9.17, 15) is 20.3 Å². The molecular weight excluding hydrogens is 466 g/mol. The number of ether oxygens (including phenoxy) is 1. The smallest absolute Gasteiger partial charge is 0.163 e. The molecule has 7 nitrogen and oxygen atoms in total. The Morgan fingerprint density at radius 2 is 1.84 bits per heavy atom. The number of nitrogens with one attached hydrogen (secondary N) is 1. The second kappa shape index (κ2) is 11.7. The summed E-state index contributed by atoms with van der Waals surface area (Å²) in [5.41, 5.74) is 4.56. The Hall–Kier alpha value is -3.47. The largest absolute Gasteiger partial charge is 0.490 e. The third-order valence-corrected chi connectivity index (χ3v) is 6.28. The molecule has 7 heteroatoms. The lowest BCUT2D eigenvalue weighted by molar-refractivity contribution is 0.0418. The van der Waals surface area contributed by atoms with E-state index in [1.807, 2.05) is 45.0 Å². The maximum Gasteiger partial charge on any atom is 0.163 e. The quantitative estimate of drug-likeness (QED) is 0.330. The number of rotatable bonds is 10. The Morgan fingerprint density at radius 3 is 2.38 bits per heavy atom. The maximum atomic E-state index is 13.1. The number of aromatic nitrogens is 2. The van der Waals surface area contributed by atoms with Gasteiger partial charge in [-0.25, -0.2) is 4.98 Å². The number of H-pyrrole nitrogens is 1. The first-order valence-corrected chi connectivity index (χ1v) is 12.6. The van der Waals surface area contributed by atoms with Gasteiger partial charge in [0.25, 0.3) is 0 Å². The molecular formula is C30H37N3O4. The van der Waals surface area contributed by atoms with Crippen LogP contribution in [0.4, 0.5) is 0 Å². The van der Waals surface area contributed by atoms with Crippen LogP contribution in [0, 0.1) is 24.2 Å². The van der Waals surface area contributed by atoms with Gasteiger partial charge < -0.3 is 19.9 Å². The number of nitrogens with zero attached hydrogens (tertiary/aromatic N) is 2. The zero-order valence-electron chi connectivity index (χ0n) is 22.5. The van der Waals surface area contributed by atoms with Crippen molar-refractivity contribution in [3.05, 3.63) is 70.5 Å². The Morgan fingerprint density at radius 1 is 1.16 bits per heavy atom. The van der Waals surface area contributed by atoms with Gasteiger partial charge in [0.05, 0.1) is 30.1 Å². The normalized spacial score (nSPS) is 13.3. The van der Waals surface area contributed by atoms with Gasteiger partial charge >= 0.3 is 0 Å².